The van der Waals surface area contributed by atoms with Crippen LogP contribution in [0.5, 0.6) is 0 Å². The Morgan fingerprint density at radius 2 is 1.94 bits per heavy atom. The molecule has 18 heavy (non-hydrogen) atoms. The first-order valence-corrected chi connectivity index (χ1v) is 7.49. The second kappa shape index (κ2) is 9.73. The van der Waals surface area contributed by atoms with Crippen molar-refractivity contribution >= 4 is 0 Å². The first kappa shape index (κ1) is 15.9. The maximum Gasteiger partial charge on any atom is 0.158 e. The molecular formula is C14H30N2O2. The van der Waals surface area contributed by atoms with Crippen LogP contribution in [0, 0.1) is 0 Å². The maximum atomic E-state index is 5.58. The topological polar surface area (TPSA) is 33.7 Å². The quantitative estimate of drug-likeness (QED) is 0.606. The molecule has 0 aromatic heterocycles. The number of nitrogens with one attached hydrogen (secondary N) is 1. The van der Waals surface area contributed by atoms with E-state index in [9.17, 15) is 0 Å². The van der Waals surface area contributed by atoms with Crippen LogP contribution in [0.15, 0.2) is 0 Å². The summed E-state index contributed by atoms with van der Waals surface area (Å²) < 4.78 is 11.2. The minimum Gasteiger partial charge on any atom is -0.353 e. The molecule has 0 aromatic carbocycles. The molecular weight excluding hydrogens is 228 g/mol. The van der Waals surface area contributed by atoms with Crippen LogP contribution < -0.4 is 5.32 Å². The number of likely N-dealkylation sites (N-methyl/N-ethyl adjacent to an activating group) is 1. The van der Waals surface area contributed by atoms with Crippen LogP contribution in [0.3, 0.4) is 0 Å². The van der Waals surface area contributed by atoms with Crippen molar-refractivity contribution in [1.82, 2.24) is 10.2 Å². The Balaban J connectivity index is 2.23. The van der Waals surface area contributed by atoms with Crippen molar-refractivity contribution in [3.63, 3.8) is 0 Å². The molecule has 1 fully saturated rings. The molecule has 0 bridgehead atoms. The van der Waals surface area contributed by atoms with Crippen LogP contribution >= 0.6 is 0 Å². The van der Waals surface area contributed by atoms with Crippen LogP contribution in [0.1, 0.15) is 40.0 Å². The smallest absolute Gasteiger partial charge is 0.158 e. The number of hydrogen-bond donors (Lipinski definition) is 1. The summed E-state index contributed by atoms with van der Waals surface area (Å²) in [4.78, 5) is 2.49. The zero-order valence-corrected chi connectivity index (χ0v) is 12.3. The van der Waals surface area contributed by atoms with E-state index in [-0.39, 0.29) is 6.29 Å². The molecule has 1 aliphatic heterocycles. The number of rotatable bonds is 10. The molecule has 0 saturated carbocycles. The van der Waals surface area contributed by atoms with Gasteiger partial charge in [0.25, 0.3) is 0 Å². The van der Waals surface area contributed by atoms with Gasteiger partial charge in [0, 0.05) is 38.8 Å². The van der Waals surface area contributed by atoms with Crippen LogP contribution in [0.2, 0.25) is 0 Å². The lowest BCUT2D eigenvalue weighted by molar-refractivity contribution is -0.141. The summed E-state index contributed by atoms with van der Waals surface area (Å²) in [6, 6.07) is 0.683. The molecule has 1 atom stereocenters. The van der Waals surface area contributed by atoms with Crippen molar-refractivity contribution < 1.29 is 9.47 Å². The van der Waals surface area contributed by atoms with Gasteiger partial charge in [-0.05, 0) is 39.8 Å². The van der Waals surface area contributed by atoms with E-state index in [2.05, 4.69) is 17.1 Å². The first-order valence-electron chi connectivity index (χ1n) is 7.49. The average molecular weight is 258 g/mol. The van der Waals surface area contributed by atoms with Gasteiger partial charge in [-0.25, -0.2) is 0 Å². The highest BCUT2D eigenvalue weighted by Crippen LogP contribution is 2.09. The van der Waals surface area contributed by atoms with Crippen molar-refractivity contribution in [2.75, 3.05) is 39.4 Å². The second-order valence-corrected chi connectivity index (χ2v) is 4.82. The SMILES string of the molecule is CCOC(CCN(CC)CC1CCCN1)OCC. The third kappa shape index (κ3) is 6.14. The van der Waals surface area contributed by atoms with Crippen molar-refractivity contribution in [3.8, 4) is 0 Å². The summed E-state index contributed by atoms with van der Waals surface area (Å²) >= 11 is 0. The third-order valence-corrected chi connectivity index (χ3v) is 3.47. The van der Waals surface area contributed by atoms with E-state index in [4.69, 9.17) is 9.47 Å². The average Bonchev–Trinajstić information content (AvgIpc) is 2.87. The Hall–Kier alpha value is -0.160. The van der Waals surface area contributed by atoms with Gasteiger partial charge in [0.05, 0.1) is 0 Å². The predicted octanol–water partition coefficient (Wildman–Crippen LogP) is 1.85. The fourth-order valence-electron chi connectivity index (χ4n) is 2.48. The zero-order chi connectivity index (χ0) is 13.2. The molecule has 0 aliphatic carbocycles. The lowest BCUT2D eigenvalue weighted by Gasteiger charge is -2.26. The van der Waals surface area contributed by atoms with Crippen LogP contribution in [0.4, 0.5) is 0 Å². The Morgan fingerprint density at radius 3 is 2.44 bits per heavy atom. The second-order valence-electron chi connectivity index (χ2n) is 4.82. The molecule has 1 heterocycles. The zero-order valence-electron chi connectivity index (χ0n) is 12.3. The molecule has 1 aliphatic rings. The monoisotopic (exact) mass is 258 g/mol. The predicted molar refractivity (Wildman–Crippen MR) is 74.8 cm³/mol. The highest BCUT2D eigenvalue weighted by atomic mass is 16.7. The van der Waals surface area contributed by atoms with E-state index in [1.807, 2.05) is 13.8 Å². The molecule has 1 N–H and O–H groups in total. The minimum absolute atomic E-state index is 0.0365. The number of hydrogen-bond acceptors (Lipinski definition) is 4. The molecule has 0 amide bonds. The van der Waals surface area contributed by atoms with E-state index in [1.54, 1.807) is 0 Å². The third-order valence-electron chi connectivity index (χ3n) is 3.47. The lowest BCUT2D eigenvalue weighted by atomic mass is 10.2. The standard InChI is InChI=1S/C14H30N2O2/c1-4-16(12-13-8-7-10-15-13)11-9-14(17-5-2)18-6-3/h13-15H,4-12H2,1-3H3. The van der Waals surface area contributed by atoms with Crippen LogP contribution in [-0.4, -0.2) is 56.6 Å². The largest absolute Gasteiger partial charge is 0.353 e. The minimum atomic E-state index is -0.0365. The number of ether oxygens (including phenoxy) is 2. The van der Waals surface area contributed by atoms with Crippen LogP contribution in [0.25, 0.3) is 0 Å². The highest BCUT2D eigenvalue weighted by Gasteiger charge is 2.18. The van der Waals surface area contributed by atoms with E-state index in [0.29, 0.717) is 6.04 Å². The van der Waals surface area contributed by atoms with E-state index in [0.717, 1.165) is 39.3 Å². The number of nitrogens with zero attached hydrogens (tertiary/aromatic N) is 1. The van der Waals surface area contributed by atoms with E-state index in [1.165, 1.54) is 19.4 Å². The molecule has 1 rings (SSSR count). The van der Waals surface area contributed by atoms with Gasteiger partial charge in [-0.15, -0.1) is 0 Å². The Kier molecular flexibility index (Phi) is 8.59. The summed E-state index contributed by atoms with van der Waals surface area (Å²) in [5.74, 6) is 0. The van der Waals surface area contributed by atoms with Crippen molar-refractivity contribution in [2.45, 2.75) is 52.4 Å². The van der Waals surface area contributed by atoms with Gasteiger partial charge in [-0.2, -0.15) is 0 Å². The van der Waals surface area contributed by atoms with Gasteiger partial charge < -0.3 is 19.7 Å². The molecule has 1 unspecified atom stereocenters. The van der Waals surface area contributed by atoms with Crippen LogP contribution in [-0.2, 0) is 9.47 Å². The highest BCUT2D eigenvalue weighted by molar-refractivity contribution is 4.77. The van der Waals surface area contributed by atoms with Crippen molar-refractivity contribution in [1.29, 1.82) is 0 Å². The summed E-state index contributed by atoms with van der Waals surface area (Å²) in [6.45, 7) is 12.2. The molecule has 108 valence electrons. The summed E-state index contributed by atoms with van der Waals surface area (Å²) in [5, 5.41) is 3.56. The van der Waals surface area contributed by atoms with Gasteiger partial charge in [0.15, 0.2) is 6.29 Å². The molecule has 0 aromatic rings. The maximum absolute atomic E-state index is 5.58. The Labute approximate surface area is 112 Å². The van der Waals surface area contributed by atoms with Crippen molar-refractivity contribution in [3.05, 3.63) is 0 Å². The van der Waals surface area contributed by atoms with E-state index < -0.39 is 0 Å². The van der Waals surface area contributed by atoms with Gasteiger partial charge in [0.2, 0.25) is 0 Å². The van der Waals surface area contributed by atoms with Crippen molar-refractivity contribution in [2.24, 2.45) is 0 Å². The molecule has 1 saturated heterocycles. The summed E-state index contributed by atoms with van der Waals surface area (Å²) in [5.41, 5.74) is 0. The lowest BCUT2D eigenvalue weighted by Crippen LogP contribution is -2.39. The summed E-state index contributed by atoms with van der Waals surface area (Å²) in [7, 11) is 0. The molecule has 4 nitrogen and oxygen atoms in total. The van der Waals surface area contributed by atoms with Gasteiger partial charge >= 0.3 is 0 Å². The fourth-order valence-corrected chi connectivity index (χ4v) is 2.48. The molecule has 0 spiro atoms. The van der Waals surface area contributed by atoms with E-state index >= 15 is 0 Å². The van der Waals surface area contributed by atoms with Gasteiger partial charge in [-0.3, -0.25) is 0 Å². The molecule has 4 heteroatoms. The summed E-state index contributed by atoms with van der Waals surface area (Å²) in [6.07, 6.45) is 3.56. The first-order chi connectivity index (χ1) is 8.80. The Bertz CT molecular complexity index is 190. The Morgan fingerprint density at radius 1 is 1.22 bits per heavy atom. The normalized spacial score (nSPS) is 20.2. The fraction of sp³-hybridized carbons (Fsp3) is 1.00. The van der Waals surface area contributed by atoms with Gasteiger partial charge in [-0.1, -0.05) is 6.92 Å². The van der Waals surface area contributed by atoms with Gasteiger partial charge in [0.1, 0.15) is 0 Å². The molecule has 0 radical (unpaired) electrons.